The first-order valence-corrected chi connectivity index (χ1v) is 8.83. The van der Waals surface area contributed by atoms with Gasteiger partial charge in [0.05, 0.1) is 6.10 Å². The molecule has 0 aromatic heterocycles. The number of carboxylic acids is 2. The molecule has 0 aromatic carbocycles. The van der Waals surface area contributed by atoms with Crippen LogP contribution in [0.15, 0.2) is 0 Å². The summed E-state index contributed by atoms with van der Waals surface area (Å²) in [4.78, 5) is 21.6. The van der Waals surface area contributed by atoms with Crippen molar-refractivity contribution >= 4 is 11.9 Å². The van der Waals surface area contributed by atoms with E-state index < -0.39 is 18.0 Å². The summed E-state index contributed by atoms with van der Waals surface area (Å²) in [5, 5.41) is 30.5. The second kappa shape index (κ2) is 14.5. The highest BCUT2D eigenvalue weighted by molar-refractivity contribution is 5.73. The van der Waals surface area contributed by atoms with Crippen molar-refractivity contribution in [1.29, 1.82) is 0 Å². The molecular formula is C17H33NO5. The van der Waals surface area contributed by atoms with Gasteiger partial charge in [-0.15, -0.1) is 0 Å². The van der Waals surface area contributed by atoms with Gasteiger partial charge >= 0.3 is 11.9 Å². The summed E-state index contributed by atoms with van der Waals surface area (Å²) in [5.41, 5.74) is 0. The van der Waals surface area contributed by atoms with E-state index in [4.69, 9.17) is 5.11 Å². The molecule has 2 atom stereocenters. The van der Waals surface area contributed by atoms with Crippen LogP contribution in [-0.2, 0) is 9.59 Å². The minimum Gasteiger partial charge on any atom is -0.481 e. The molecule has 0 bridgehead atoms. The first kappa shape index (κ1) is 21.9. The molecule has 2 unspecified atom stereocenters. The fraction of sp³-hybridized carbons (Fsp3) is 0.882. The van der Waals surface area contributed by atoms with Crippen LogP contribution in [-0.4, -0.2) is 45.9 Å². The lowest BCUT2D eigenvalue weighted by atomic mass is 10.1. The molecule has 0 saturated heterocycles. The third-order valence-electron chi connectivity index (χ3n) is 3.94. The number of nitrogens with one attached hydrogen (secondary N) is 1. The van der Waals surface area contributed by atoms with Crippen LogP contribution in [0.3, 0.4) is 0 Å². The van der Waals surface area contributed by atoms with Crippen LogP contribution in [0.1, 0.15) is 77.6 Å². The highest BCUT2D eigenvalue weighted by atomic mass is 16.4. The number of carboxylic acid groups (broad SMARTS) is 2. The summed E-state index contributed by atoms with van der Waals surface area (Å²) < 4.78 is 0. The molecule has 0 heterocycles. The summed E-state index contributed by atoms with van der Waals surface area (Å²) in [5.74, 6) is -1.65. The zero-order chi connectivity index (χ0) is 17.5. The van der Waals surface area contributed by atoms with Gasteiger partial charge in [0.15, 0.2) is 0 Å². The Bertz CT molecular complexity index is 322. The normalized spacial score (nSPS) is 13.7. The van der Waals surface area contributed by atoms with Gasteiger partial charge in [-0.3, -0.25) is 9.59 Å². The molecule has 6 heteroatoms. The SMILES string of the molecule is CCCCCC(O)CCNC(CCCCCCC(=O)O)C(=O)O. The minimum absolute atomic E-state index is 0.177. The molecule has 0 aliphatic heterocycles. The van der Waals surface area contributed by atoms with Gasteiger partial charge < -0.3 is 20.6 Å². The Hall–Kier alpha value is -1.14. The monoisotopic (exact) mass is 331 g/mol. The Morgan fingerprint density at radius 1 is 0.913 bits per heavy atom. The first-order valence-electron chi connectivity index (χ1n) is 8.83. The van der Waals surface area contributed by atoms with E-state index in [2.05, 4.69) is 12.2 Å². The Morgan fingerprint density at radius 2 is 1.57 bits per heavy atom. The number of unbranched alkanes of at least 4 members (excludes halogenated alkanes) is 5. The van der Waals surface area contributed by atoms with E-state index in [1.54, 1.807) is 0 Å². The number of rotatable bonds is 16. The molecule has 0 radical (unpaired) electrons. The van der Waals surface area contributed by atoms with E-state index in [0.29, 0.717) is 25.8 Å². The second-order valence-electron chi connectivity index (χ2n) is 6.13. The van der Waals surface area contributed by atoms with Crippen LogP contribution in [0.4, 0.5) is 0 Å². The Labute approximate surface area is 139 Å². The van der Waals surface area contributed by atoms with Gasteiger partial charge in [0.2, 0.25) is 0 Å². The van der Waals surface area contributed by atoms with Crippen LogP contribution in [0, 0.1) is 0 Å². The van der Waals surface area contributed by atoms with E-state index in [1.165, 1.54) is 0 Å². The summed E-state index contributed by atoms with van der Waals surface area (Å²) in [6.07, 6.45) is 8.02. The zero-order valence-corrected chi connectivity index (χ0v) is 14.3. The van der Waals surface area contributed by atoms with Crippen LogP contribution in [0.25, 0.3) is 0 Å². The van der Waals surface area contributed by atoms with Crippen LogP contribution in [0.2, 0.25) is 0 Å². The molecule has 136 valence electrons. The maximum atomic E-state index is 11.2. The van der Waals surface area contributed by atoms with Crippen molar-refractivity contribution in [1.82, 2.24) is 5.32 Å². The lowest BCUT2D eigenvalue weighted by molar-refractivity contribution is -0.140. The molecule has 0 amide bonds. The van der Waals surface area contributed by atoms with Gasteiger partial charge in [-0.2, -0.15) is 0 Å². The van der Waals surface area contributed by atoms with E-state index in [-0.39, 0.29) is 12.5 Å². The highest BCUT2D eigenvalue weighted by Crippen LogP contribution is 2.09. The summed E-state index contributed by atoms with van der Waals surface area (Å²) >= 11 is 0. The predicted molar refractivity (Wildman–Crippen MR) is 89.5 cm³/mol. The molecular weight excluding hydrogens is 298 g/mol. The summed E-state index contributed by atoms with van der Waals surface area (Å²) in [6, 6.07) is -0.586. The fourth-order valence-electron chi connectivity index (χ4n) is 2.49. The minimum atomic E-state index is -0.865. The third-order valence-corrected chi connectivity index (χ3v) is 3.94. The fourth-order valence-corrected chi connectivity index (χ4v) is 2.49. The number of hydrogen-bond acceptors (Lipinski definition) is 4. The standard InChI is InChI=1S/C17H33NO5/c1-2-3-6-9-14(19)12-13-18-15(17(22)23)10-7-4-5-8-11-16(20)21/h14-15,18-19H,2-13H2,1H3,(H,20,21)(H,22,23). The molecule has 0 fully saturated rings. The lowest BCUT2D eigenvalue weighted by Gasteiger charge is -2.16. The van der Waals surface area contributed by atoms with Gasteiger partial charge in [0.25, 0.3) is 0 Å². The number of aliphatic hydroxyl groups excluding tert-OH is 1. The topological polar surface area (TPSA) is 107 Å². The second-order valence-corrected chi connectivity index (χ2v) is 6.13. The highest BCUT2D eigenvalue weighted by Gasteiger charge is 2.16. The molecule has 6 nitrogen and oxygen atoms in total. The molecule has 0 saturated carbocycles. The van der Waals surface area contributed by atoms with Gasteiger partial charge in [-0.25, -0.2) is 0 Å². The maximum absolute atomic E-state index is 11.2. The summed E-state index contributed by atoms with van der Waals surface area (Å²) in [6.45, 7) is 2.62. The van der Waals surface area contributed by atoms with Crippen molar-refractivity contribution in [2.24, 2.45) is 0 Å². The number of aliphatic carboxylic acids is 2. The van der Waals surface area contributed by atoms with Gasteiger partial charge in [0.1, 0.15) is 6.04 Å². The van der Waals surface area contributed by atoms with Crippen LogP contribution in [0.5, 0.6) is 0 Å². The van der Waals surface area contributed by atoms with Crippen molar-refractivity contribution < 1.29 is 24.9 Å². The number of carbonyl (C=O) groups is 2. The van der Waals surface area contributed by atoms with Gasteiger partial charge in [0, 0.05) is 6.42 Å². The molecule has 4 N–H and O–H groups in total. The molecule has 0 aliphatic carbocycles. The molecule has 0 aromatic rings. The largest absolute Gasteiger partial charge is 0.481 e. The molecule has 0 spiro atoms. The van der Waals surface area contributed by atoms with Crippen molar-refractivity contribution in [2.45, 2.75) is 89.7 Å². The molecule has 23 heavy (non-hydrogen) atoms. The van der Waals surface area contributed by atoms with Crippen molar-refractivity contribution in [3.05, 3.63) is 0 Å². The smallest absolute Gasteiger partial charge is 0.320 e. The Balaban J connectivity index is 3.73. The van der Waals surface area contributed by atoms with Crippen LogP contribution < -0.4 is 5.32 Å². The first-order chi connectivity index (χ1) is 11.0. The maximum Gasteiger partial charge on any atom is 0.320 e. The van der Waals surface area contributed by atoms with Crippen LogP contribution >= 0.6 is 0 Å². The van der Waals surface area contributed by atoms with Crippen molar-refractivity contribution in [3.8, 4) is 0 Å². The predicted octanol–water partition coefficient (Wildman–Crippen LogP) is 2.79. The van der Waals surface area contributed by atoms with E-state index >= 15 is 0 Å². The van der Waals surface area contributed by atoms with Gasteiger partial charge in [-0.1, -0.05) is 45.4 Å². The Kier molecular flexibility index (Phi) is 13.7. The zero-order valence-electron chi connectivity index (χ0n) is 14.3. The van der Waals surface area contributed by atoms with E-state index in [9.17, 15) is 19.8 Å². The van der Waals surface area contributed by atoms with Crippen molar-refractivity contribution in [3.63, 3.8) is 0 Å². The van der Waals surface area contributed by atoms with Gasteiger partial charge in [-0.05, 0) is 32.2 Å². The van der Waals surface area contributed by atoms with E-state index in [0.717, 1.165) is 44.9 Å². The average molecular weight is 331 g/mol. The average Bonchev–Trinajstić information content (AvgIpc) is 2.48. The summed E-state index contributed by atoms with van der Waals surface area (Å²) in [7, 11) is 0. The lowest BCUT2D eigenvalue weighted by Crippen LogP contribution is -2.38. The van der Waals surface area contributed by atoms with E-state index in [1.807, 2.05) is 0 Å². The molecule has 0 rings (SSSR count). The van der Waals surface area contributed by atoms with Crippen molar-refractivity contribution in [2.75, 3.05) is 6.54 Å². The quantitative estimate of drug-likeness (QED) is 0.324. The molecule has 0 aliphatic rings. The third kappa shape index (κ3) is 14.2. The number of aliphatic hydroxyl groups is 1. The Morgan fingerprint density at radius 3 is 2.17 bits per heavy atom. The number of hydrogen-bond donors (Lipinski definition) is 4.